The zero-order chi connectivity index (χ0) is 16.4. The third-order valence-electron chi connectivity index (χ3n) is 3.87. The van der Waals surface area contributed by atoms with Crippen molar-refractivity contribution in [2.45, 2.75) is 19.1 Å². The molecule has 24 heavy (non-hydrogen) atoms. The number of rotatable bonds is 4. The van der Waals surface area contributed by atoms with Crippen molar-refractivity contribution in [3.63, 3.8) is 0 Å². The van der Waals surface area contributed by atoms with Gasteiger partial charge in [0.2, 0.25) is 0 Å². The van der Waals surface area contributed by atoms with E-state index in [9.17, 15) is 0 Å². The van der Waals surface area contributed by atoms with E-state index in [0.29, 0.717) is 12.3 Å². The molecular weight excluding hydrogens is 304 g/mol. The van der Waals surface area contributed by atoms with Crippen molar-refractivity contribution < 1.29 is 9.15 Å². The average molecular weight is 318 g/mol. The van der Waals surface area contributed by atoms with Crippen LogP contribution in [0.5, 0.6) is 0 Å². The van der Waals surface area contributed by atoms with Crippen LogP contribution in [0.2, 0.25) is 0 Å². The number of nitrogens with zero attached hydrogens (tertiary/aromatic N) is 3. The fraction of sp³-hybridized carbons (Fsp3) is 0.167. The number of hydrogen-bond donors (Lipinski definition) is 1. The number of aromatic nitrogens is 3. The first-order chi connectivity index (χ1) is 11.8. The quantitative estimate of drug-likeness (QED) is 0.797. The van der Waals surface area contributed by atoms with Crippen LogP contribution in [0, 0.1) is 11.3 Å². The van der Waals surface area contributed by atoms with Crippen molar-refractivity contribution in [2.24, 2.45) is 0 Å². The highest BCUT2D eigenvalue weighted by molar-refractivity contribution is 5.77. The Morgan fingerprint density at radius 3 is 3.12 bits per heavy atom. The molecule has 0 amide bonds. The predicted octanol–water partition coefficient (Wildman–Crippen LogP) is 3.35. The molecule has 1 atom stereocenters. The van der Waals surface area contributed by atoms with Gasteiger partial charge in [-0.3, -0.25) is 0 Å². The summed E-state index contributed by atoms with van der Waals surface area (Å²) in [5.74, 6) is 0.792. The van der Waals surface area contributed by atoms with Crippen molar-refractivity contribution in [2.75, 3.05) is 0 Å². The number of hydrogen-bond acceptors (Lipinski definition) is 5. The van der Waals surface area contributed by atoms with E-state index in [4.69, 9.17) is 14.4 Å². The van der Waals surface area contributed by atoms with E-state index in [-0.39, 0.29) is 11.8 Å². The first-order valence-corrected chi connectivity index (χ1v) is 7.62. The highest BCUT2D eigenvalue weighted by Crippen LogP contribution is 2.25. The minimum Gasteiger partial charge on any atom is -0.459 e. The van der Waals surface area contributed by atoms with E-state index in [1.807, 2.05) is 54.6 Å². The Morgan fingerprint density at radius 2 is 2.25 bits per heavy atom. The van der Waals surface area contributed by atoms with Crippen molar-refractivity contribution in [3.8, 4) is 6.07 Å². The lowest BCUT2D eigenvalue weighted by Gasteiger charge is -2.16. The molecule has 2 heterocycles. The molecule has 2 aromatic heterocycles. The molecule has 0 radical (unpaired) electrons. The van der Waals surface area contributed by atoms with Gasteiger partial charge in [-0.2, -0.15) is 15.6 Å². The van der Waals surface area contributed by atoms with Crippen LogP contribution in [-0.4, -0.2) is 21.5 Å². The minimum atomic E-state index is -0.0959. The summed E-state index contributed by atoms with van der Waals surface area (Å²) in [5, 5.41) is 20.5. The molecule has 4 rings (SSSR count). The van der Waals surface area contributed by atoms with Crippen LogP contribution in [-0.2, 0) is 11.3 Å². The van der Waals surface area contributed by atoms with Gasteiger partial charge in [-0.15, -0.1) is 5.10 Å². The van der Waals surface area contributed by atoms with Gasteiger partial charge in [0.05, 0.1) is 6.10 Å². The van der Waals surface area contributed by atoms with Crippen LogP contribution in [0.15, 0.2) is 53.0 Å². The molecule has 0 aliphatic heterocycles. The summed E-state index contributed by atoms with van der Waals surface area (Å²) in [5.41, 5.74) is 2.52. The molecule has 1 aliphatic carbocycles. The predicted molar refractivity (Wildman–Crippen MR) is 87.6 cm³/mol. The second-order valence-corrected chi connectivity index (χ2v) is 5.49. The fourth-order valence-electron chi connectivity index (χ4n) is 2.73. The molecule has 1 unspecified atom stereocenters. The number of aromatic amines is 1. The largest absolute Gasteiger partial charge is 0.459 e. The lowest BCUT2D eigenvalue weighted by molar-refractivity contribution is 0.0630. The topological polar surface area (TPSA) is 87.7 Å². The standard InChI is InChI=1S/C18H14N4O2/c19-10-16-18(21-22-20-16)13-5-3-6-14(9-13)23-11-15-8-12-4-1-2-7-17(12)24-15/h1-5,7-9,14H,6,11H2,(H,20,21,22). The lowest BCUT2D eigenvalue weighted by atomic mass is 10.0. The van der Waals surface area contributed by atoms with E-state index in [0.717, 1.165) is 28.7 Å². The monoisotopic (exact) mass is 318 g/mol. The second-order valence-electron chi connectivity index (χ2n) is 5.49. The summed E-state index contributed by atoms with van der Waals surface area (Å²) >= 11 is 0. The highest BCUT2D eigenvalue weighted by Gasteiger charge is 2.17. The summed E-state index contributed by atoms with van der Waals surface area (Å²) in [6.07, 6.45) is 6.57. The molecule has 6 nitrogen and oxygen atoms in total. The molecule has 3 aromatic rings. The van der Waals surface area contributed by atoms with Gasteiger partial charge in [0, 0.05) is 11.0 Å². The smallest absolute Gasteiger partial charge is 0.190 e. The van der Waals surface area contributed by atoms with E-state index in [1.165, 1.54) is 0 Å². The molecule has 0 saturated carbocycles. The Morgan fingerprint density at radius 1 is 1.33 bits per heavy atom. The molecule has 1 aromatic carbocycles. The van der Waals surface area contributed by atoms with Gasteiger partial charge < -0.3 is 9.15 Å². The maximum Gasteiger partial charge on any atom is 0.190 e. The second kappa shape index (κ2) is 6.14. The normalized spacial score (nSPS) is 17.0. The number of H-pyrrole nitrogens is 1. The molecule has 0 saturated heterocycles. The van der Waals surface area contributed by atoms with E-state index >= 15 is 0 Å². The summed E-state index contributed by atoms with van der Waals surface area (Å²) in [6.45, 7) is 0.390. The van der Waals surface area contributed by atoms with E-state index in [1.54, 1.807) is 0 Å². The summed E-state index contributed by atoms with van der Waals surface area (Å²) in [4.78, 5) is 0. The van der Waals surface area contributed by atoms with Crippen molar-refractivity contribution in [3.05, 3.63) is 65.7 Å². The van der Waals surface area contributed by atoms with Crippen LogP contribution in [0.25, 0.3) is 16.5 Å². The Hall–Kier alpha value is -3.17. The van der Waals surface area contributed by atoms with Gasteiger partial charge in [0.1, 0.15) is 29.7 Å². The van der Waals surface area contributed by atoms with Gasteiger partial charge in [-0.05, 0) is 24.6 Å². The minimum absolute atomic E-state index is 0.0959. The number of nitrogens with one attached hydrogen (secondary N) is 1. The zero-order valence-electron chi connectivity index (χ0n) is 12.8. The molecule has 0 fully saturated rings. The maximum atomic E-state index is 9.06. The molecule has 0 bridgehead atoms. The molecule has 6 heteroatoms. The van der Waals surface area contributed by atoms with Crippen molar-refractivity contribution >= 4 is 16.5 Å². The Kier molecular flexibility index (Phi) is 3.69. The van der Waals surface area contributed by atoms with Crippen molar-refractivity contribution in [1.82, 2.24) is 15.4 Å². The third-order valence-corrected chi connectivity index (χ3v) is 3.87. The maximum absolute atomic E-state index is 9.06. The number of allylic oxidation sites excluding steroid dienone is 2. The molecule has 118 valence electrons. The van der Waals surface area contributed by atoms with Gasteiger partial charge in [-0.25, -0.2) is 0 Å². The summed E-state index contributed by atoms with van der Waals surface area (Å²) in [7, 11) is 0. The fourth-order valence-corrected chi connectivity index (χ4v) is 2.73. The SMILES string of the molecule is N#Cc1n[nH]nc1C1=CC(OCc2cc3ccccc3o2)CC=C1. The molecule has 0 spiro atoms. The van der Waals surface area contributed by atoms with E-state index in [2.05, 4.69) is 15.4 Å². The highest BCUT2D eigenvalue weighted by atomic mass is 16.5. The van der Waals surface area contributed by atoms with Gasteiger partial charge >= 0.3 is 0 Å². The Labute approximate surface area is 138 Å². The zero-order valence-corrected chi connectivity index (χ0v) is 12.8. The van der Waals surface area contributed by atoms with Crippen LogP contribution in [0.1, 0.15) is 23.6 Å². The first-order valence-electron chi connectivity index (χ1n) is 7.62. The van der Waals surface area contributed by atoms with Crippen LogP contribution < -0.4 is 0 Å². The number of benzene rings is 1. The first kappa shape index (κ1) is 14.4. The number of para-hydroxylation sites is 1. The lowest BCUT2D eigenvalue weighted by Crippen LogP contribution is -2.12. The van der Waals surface area contributed by atoms with Crippen LogP contribution in [0.4, 0.5) is 0 Å². The van der Waals surface area contributed by atoms with Gasteiger partial charge in [0.25, 0.3) is 0 Å². The van der Waals surface area contributed by atoms with Crippen molar-refractivity contribution in [1.29, 1.82) is 5.26 Å². The third kappa shape index (κ3) is 2.73. The Bertz CT molecular complexity index is 941. The van der Waals surface area contributed by atoms with Crippen LogP contribution in [0.3, 0.4) is 0 Å². The molecule has 1 aliphatic rings. The number of ether oxygens (including phenoxy) is 1. The number of nitriles is 1. The average Bonchev–Trinajstić information content (AvgIpc) is 3.26. The van der Waals surface area contributed by atoms with Gasteiger partial charge in [-0.1, -0.05) is 30.4 Å². The molecule has 1 N–H and O–H groups in total. The molecular formula is C18H14N4O2. The number of fused-ring (bicyclic) bond motifs is 1. The summed E-state index contributed by atoms with van der Waals surface area (Å²) < 4.78 is 11.7. The van der Waals surface area contributed by atoms with Gasteiger partial charge in [0.15, 0.2) is 5.69 Å². The van der Waals surface area contributed by atoms with E-state index < -0.39 is 0 Å². The van der Waals surface area contributed by atoms with Crippen LogP contribution >= 0.6 is 0 Å². The Balaban J connectivity index is 1.49. The number of furan rings is 1. The summed E-state index contributed by atoms with van der Waals surface area (Å²) in [6, 6.07) is 11.9.